The van der Waals surface area contributed by atoms with Crippen LogP contribution in [0.1, 0.15) is 23.8 Å². The summed E-state index contributed by atoms with van der Waals surface area (Å²) in [7, 11) is 0. The Hall–Kier alpha value is -2.77. The van der Waals surface area contributed by atoms with Gasteiger partial charge in [-0.05, 0) is 48.6 Å². The highest BCUT2D eigenvalue weighted by molar-refractivity contribution is 8.00. The minimum absolute atomic E-state index is 0.134. The summed E-state index contributed by atoms with van der Waals surface area (Å²) in [6.45, 7) is 0.803. The van der Waals surface area contributed by atoms with E-state index in [9.17, 15) is 9.18 Å². The predicted molar refractivity (Wildman–Crippen MR) is 124 cm³/mol. The quantitative estimate of drug-likeness (QED) is 0.353. The Morgan fingerprint density at radius 1 is 1.06 bits per heavy atom. The van der Waals surface area contributed by atoms with Gasteiger partial charge in [-0.2, -0.15) is 0 Å². The molecule has 1 aliphatic heterocycles. The van der Waals surface area contributed by atoms with Crippen molar-refractivity contribution in [3.63, 3.8) is 0 Å². The summed E-state index contributed by atoms with van der Waals surface area (Å²) in [5, 5.41) is 13.5. The fourth-order valence-corrected chi connectivity index (χ4v) is 5.79. The summed E-state index contributed by atoms with van der Waals surface area (Å²) in [5.41, 5.74) is 1.53. The van der Waals surface area contributed by atoms with E-state index in [1.54, 1.807) is 23.5 Å². The van der Waals surface area contributed by atoms with E-state index in [2.05, 4.69) is 21.6 Å². The van der Waals surface area contributed by atoms with E-state index in [4.69, 9.17) is 0 Å². The van der Waals surface area contributed by atoms with Gasteiger partial charge in [0, 0.05) is 27.8 Å². The molecule has 0 aliphatic carbocycles. The van der Waals surface area contributed by atoms with E-state index < -0.39 is 0 Å². The molecule has 0 bridgehead atoms. The predicted octanol–water partition coefficient (Wildman–Crippen LogP) is 5.95. The molecule has 31 heavy (non-hydrogen) atoms. The maximum Gasteiger partial charge on any atom is 0.233 e. The summed E-state index contributed by atoms with van der Waals surface area (Å²) in [5.74, 6) is 0.181. The number of thioether (sulfide) groups is 1. The summed E-state index contributed by atoms with van der Waals surface area (Å²) < 4.78 is 13.3. The number of carbonyl (C=O) groups is 1. The minimum Gasteiger partial charge on any atom is -0.334 e. The zero-order valence-corrected chi connectivity index (χ0v) is 18.3. The number of aromatic nitrogens is 2. The maximum absolute atomic E-state index is 13.3. The number of thiophene rings is 1. The van der Waals surface area contributed by atoms with E-state index in [-0.39, 0.29) is 17.8 Å². The van der Waals surface area contributed by atoms with Gasteiger partial charge in [0.1, 0.15) is 16.5 Å². The van der Waals surface area contributed by atoms with Gasteiger partial charge in [0.25, 0.3) is 0 Å². The highest BCUT2D eigenvalue weighted by Gasteiger charge is 2.30. The molecule has 156 valence electrons. The first kappa shape index (κ1) is 20.2. The van der Waals surface area contributed by atoms with Crippen molar-refractivity contribution in [1.82, 2.24) is 15.1 Å². The van der Waals surface area contributed by atoms with E-state index in [1.165, 1.54) is 28.8 Å². The number of carbonyl (C=O) groups excluding carboxylic acids is 1. The van der Waals surface area contributed by atoms with Crippen molar-refractivity contribution in [3.05, 3.63) is 76.7 Å². The van der Waals surface area contributed by atoms with Crippen LogP contribution in [0.3, 0.4) is 0 Å². The van der Waals surface area contributed by atoms with Crippen LogP contribution in [0, 0.1) is 5.82 Å². The molecule has 0 spiro atoms. The molecule has 0 N–H and O–H groups in total. The van der Waals surface area contributed by atoms with Gasteiger partial charge in [-0.3, -0.25) is 4.79 Å². The molecule has 0 radical (unpaired) electrons. The summed E-state index contributed by atoms with van der Waals surface area (Å²) in [4.78, 5) is 16.3. The lowest BCUT2D eigenvalue weighted by Gasteiger charge is -2.23. The lowest BCUT2D eigenvalue weighted by Crippen LogP contribution is -2.31. The van der Waals surface area contributed by atoms with Gasteiger partial charge in [0.2, 0.25) is 5.91 Å². The maximum atomic E-state index is 13.3. The molecule has 2 aromatic carbocycles. The second-order valence-corrected chi connectivity index (χ2v) is 9.40. The third-order valence-corrected chi connectivity index (χ3v) is 7.49. The number of amides is 1. The first-order valence-electron chi connectivity index (χ1n) is 10.2. The smallest absolute Gasteiger partial charge is 0.233 e. The van der Waals surface area contributed by atoms with E-state index >= 15 is 0 Å². The van der Waals surface area contributed by atoms with E-state index in [1.807, 2.05) is 35.2 Å². The number of halogens is 1. The van der Waals surface area contributed by atoms with Crippen LogP contribution in [0.25, 0.3) is 22.0 Å². The van der Waals surface area contributed by atoms with E-state index in [0.29, 0.717) is 11.4 Å². The lowest BCUT2D eigenvalue weighted by molar-refractivity contribution is -0.129. The van der Waals surface area contributed by atoms with Crippen molar-refractivity contribution in [1.29, 1.82) is 0 Å². The Morgan fingerprint density at radius 2 is 1.87 bits per heavy atom. The van der Waals surface area contributed by atoms with Gasteiger partial charge in [-0.25, -0.2) is 4.39 Å². The standard InChI is InChI=1S/C24H20FN3OS2/c25-17-11-9-16(10-12-17)23-18-5-1-2-6-19(18)24(27-26-23)31-15-22(29)28-13-3-7-20(28)21-8-4-14-30-21/h1-2,4-6,8-12,14,20H,3,7,13,15H2/t20-/m0/s1. The van der Waals surface area contributed by atoms with Crippen LogP contribution >= 0.6 is 23.1 Å². The highest BCUT2D eigenvalue weighted by Crippen LogP contribution is 2.36. The average Bonchev–Trinajstić information content (AvgIpc) is 3.50. The number of nitrogens with zero attached hydrogens (tertiary/aromatic N) is 3. The number of likely N-dealkylation sites (tertiary alicyclic amines) is 1. The van der Waals surface area contributed by atoms with Crippen molar-refractivity contribution in [3.8, 4) is 11.3 Å². The fraction of sp³-hybridized carbons (Fsp3) is 0.208. The average molecular weight is 450 g/mol. The Balaban J connectivity index is 1.38. The van der Waals surface area contributed by atoms with Crippen LogP contribution in [-0.2, 0) is 4.79 Å². The molecule has 2 aromatic heterocycles. The minimum atomic E-state index is -0.283. The molecule has 1 fully saturated rings. The Kier molecular flexibility index (Phi) is 5.70. The molecule has 0 unspecified atom stereocenters. The van der Waals surface area contributed by atoms with Gasteiger partial charge in [0.05, 0.1) is 11.8 Å². The SMILES string of the molecule is O=C(CSc1nnc(-c2ccc(F)cc2)c2ccccc12)N1CCC[C@H]1c1cccs1. The highest BCUT2D eigenvalue weighted by atomic mass is 32.2. The molecule has 1 atom stereocenters. The third-order valence-electron chi connectivity index (χ3n) is 5.55. The molecule has 1 amide bonds. The summed E-state index contributed by atoms with van der Waals surface area (Å²) in [6, 6.07) is 18.5. The molecule has 5 rings (SSSR count). The van der Waals surface area contributed by atoms with Crippen LogP contribution in [-0.4, -0.2) is 33.3 Å². The molecule has 4 aromatic rings. The third kappa shape index (κ3) is 4.07. The van der Waals surface area contributed by atoms with Crippen LogP contribution in [0.5, 0.6) is 0 Å². The number of rotatable bonds is 5. The number of hydrogen-bond donors (Lipinski definition) is 0. The van der Waals surface area contributed by atoms with Crippen LogP contribution < -0.4 is 0 Å². The molecule has 0 saturated carbocycles. The van der Waals surface area contributed by atoms with Crippen LogP contribution in [0.2, 0.25) is 0 Å². The molecule has 3 heterocycles. The summed E-state index contributed by atoms with van der Waals surface area (Å²) >= 11 is 3.14. The van der Waals surface area contributed by atoms with Gasteiger partial charge >= 0.3 is 0 Å². The first-order valence-corrected chi connectivity index (χ1v) is 12.0. The van der Waals surface area contributed by atoms with Gasteiger partial charge in [-0.15, -0.1) is 21.5 Å². The second kappa shape index (κ2) is 8.77. The van der Waals surface area contributed by atoms with Gasteiger partial charge < -0.3 is 4.90 Å². The first-order chi connectivity index (χ1) is 15.2. The fourth-order valence-electron chi connectivity index (χ4n) is 4.06. The lowest BCUT2D eigenvalue weighted by atomic mass is 10.1. The van der Waals surface area contributed by atoms with Crippen molar-refractivity contribution in [2.45, 2.75) is 23.9 Å². The zero-order chi connectivity index (χ0) is 21.2. The van der Waals surface area contributed by atoms with Crippen molar-refractivity contribution in [2.24, 2.45) is 0 Å². The monoisotopic (exact) mass is 449 g/mol. The van der Waals surface area contributed by atoms with E-state index in [0.717, 1.165) is 40.7 Å². The van der Waals surface area contributed by atoms with Gasteiger partial charge in [0.15, 0.2) is 0 Å². The molecule has 1 saturated heterocycles. The normalized spacial score (nSPS) is 16.2. The molecule has 4 nitrogen and oxygen atoms in total. The second-order valence-electron chi connectivity index (χ2n) is 7.46. The molecular formula is C24H20FN3OS2. The number of benzene rings is 2. The Morgan fingerprint density at radius 3 is 2.65 bits per heavy atom. The van der Waals surface area contributed by atoms with Crippen LogP contribution in [0.15, 0.2) is 71.1 Å². The Labute approximate surface area is 188 Å². The number of fused-ring (bicyclic) bond motifs is 1. The number of hydrogen-bond acceptors (Lipinski definition) is 5. The van der Waals surface area contributed by atoms with Crippen LogP contribution in [0.4, 0.5) is 4.39 Å². The zero-order valence-electron chi connectivity index (χ0n) is 16.7. The summed E-state index contributed by atoms with van der Waals surface area (Å²) in [6.07, 6.45) is 2.06. The molecular weight excluding hydrogens is 429 g/mol. The van der Waals surface area contributed by atoms with Crippen molar-refractivity contribution in [2.75, 3.05) is 12.3 Å². The largest absolute Gasteiger partial charge is 0.334 e. The van der Waals surface area contributed by atoms with Crippen molar-refractivity contribution < 1.29 is 9.18 Å². The topological polar surface area (TPSA) is 46.1 Å². The van der Waals surface area contributed by atoms with Gasteiger partial charge in [-0.1, -0.05) is 42.1 Å². The van der Waals surface area contributed by atoms with Crippen molar-refractivity contribution >= 4 is 39.8 Å². The molecule has 7 heteroatoms. The Bertz CT molecular complexity index is 1210. The molecule has 1 aliphatic rings.